The molecule has 6 heteroatoms. The number of benzene rings is 2. The molecule has 0 saturated carbocycles. The monoisotopic (exact) mass is 296 g/mol. The summed E-state index contributed by atoms with van der Waals surface area (Å²) in [7, 11) is 0. The Morgan fingerprint density at radius 2 is 1.79 bits per heavy atom. The Labute approximate surface area is 119 Å². The minimum absolute atomic E-state index is 0.102. The van der Waals surface area contributed by atoms with Gasteiger partial charge in [0, 0.05) is 5.69 Å². The molecule has 0 atom stereocenters. The molecule has 2 aromatic carbocycles. The number of ether oxygens (including phenoxy) is 1. The molecule has 0 aliphatic carbocycles. The van der Waals surface area contributed by atoms with Gasteiger partial charge < -0.3 is 16.2 Å². The average Bonchev–Trinajstić information content (AvgIpc) is 2.34. The molecule has 2 aromatic rings. The normalized spacial score (nSPS) is 10.2. The van der Waals surface area contributed by atoms with E-state index in [4.69, 9.17) is 39.4 Å². The van der Waals surface area contributed by atoms with Crippen LogP contribution in [0.1, 0.15) is 10.4 Å². The first-order chi connectivity index (χ1) is 8.99. The van der Waals surface area contributed by atoms with Crippen LogP contribution in [0.5, 0.6) is 11.5 Å². The second-order valence-electron chi connectivity index (χ2n) is 3.78. The fourth-order valence-corrected chi connectivity index (χ4v) is 1.98. The van der Waals surface area contributed by atoms with Crippen LogP contribution >= 0.6 is 23.2 Å². The van der Waals surface area contributed by atoms with E-state index in [-0.39, 0.29) is 16.3 Å². The molecular formula is C13H10Cl2N2O2. The number of amides is 1. The van der Waals surface area contributed by atoms with Crippen molar-refractivity contribution in [2.75, 3.05) is 5.73 Å². The van der Waals surface area contributed by atoms with Crippen molar-refractivity contribution in [3.63, 3.8) is 0 Å². The zero-order valence-electron chi connectivity index (χ0n) is 9.69. The fourth-order valence-electron chi connectivity index (χ4n) is 1.54. The topological polar surface area (TPSA) is 78.3 Å². The van der Waals surface area contributed by atoms with E-state index < -0.39 is 5.91 Å². The second kappa shape index (κ2) is 5.38. The molecule has 0 unspecified atom stereocenters. The molecule has 1 amide bonds. The molecule has 0 radical (unpaired) electrons. The van der Waals surface area contributed by atoms with E-state index in [9.17, 15) is 4.79 Å². The van der Waals surface area contributed by atoms with Crippen LogP contribution in [-0.4, -0.2) is 5.91 Å². The largest absolute Gasteiger partial charge is 0.453 e. The minimum Gasteiger partial charge on any atom is -0.453 e. The lowest BCUT2D eigenvalue weighted by Gasteiger charge is -2.12. The van der Waals surface area contributed by atoms with Gasteiger partial charge in [0.1, 0.15) is 5.75 Å². The predicted molar refractivity (Wildman–Crippen MR) is 75.9 cm³/mol. The summed E-state index contributed by atoms with van der Waals surface area (Å²) in [6.07, 6.45) is 0. The van der Waals surface area contributed by atoms with Gasteiger partial charge in [0.15, 0.2) is 5.75 Å². The number of carbonyl (C=O) groups excluding carboxylic acids is 1. The quantitative estimate of drug-likeness (QED) is 0.851. The van der Waals surface area contributed by atoms with Crippen molar-refractivity contribution in [1.29, 1.82) is 0 Å². The number of nitrogens with two attached hydrogens (primary N) is 2. The van der Waals surface area contributed by atoms with Gasteiger partial charge in [-0.2, -0.15) is 0 Å². The van der Waals surface area contributed by atoms with Crippen molar-refractivity contribution >= 4 is 34.8 Å². The van der Waals surface area contributed by atoms with Crippen LogP contribution in [0, 0.1) is 0 Å². The van der Waals surface area contributed by atoms with Gasteiger partial charge in [-0.05, 0) is 24.3 Å². The van der Waals surface area contributed by atoms with Crippen molar-refractivity contribution < 1.29 is 9.53 Å². The Bertz CT molecular complexity index is 645. The van der Waals surface area contributed by atoms with Crippen LogP contribution in [0.2, 0.25) is 10.0 Å². The molecule has 0 aliphatic rings. The standard InChI is InChI=1S/C13H10Cl2N2O2/c14-9-3-1-2-4-11(9)19-12-8(13(17)18)5-7(16)6-10(12)15/h1-6H,16H2,(H2,17,18). The summed E-state index contributed by atoms with van der Waals surface area (Å²) in [6, 6.07) is 9.69. The van der Waals surface area contributed by atoms with Crippen molar-refractivity contribution in [1.82, 2.24) is 0 Å². The third-order valence-electron chi connectivity index (χ3n) is 2.38. The van der Waals surface area contributed by atoms with E-state index >= 15 is 0 Å². The Kier molecular flexibility index (Phi) is 3.83. The third kappa shape index (κ3) is 2.92. The Balaban J connectivity index is 2.51. The highest BCUT2D eigenvalue weighted by molar-refractivity contribution is 6.33. The maximum atomic E-state index is 11.4. The summed E-state index contributed by atoms with van der Waals surface area (Å²) in [5, 5.41) is 0.583. The molecule has 0 spiro atoms. The summed E-state index contributed by atoms with van der Waals surface area (Å²) in [6.45, 7) is 0. The lowest BCUT2D eigenvalue weighted by atomic mass is 10.1. The van der Waals surface area contributed by atoms with Crippen LogP contribution in [0.4, 0.5) is 5.69 Å². The molecule has 4 nitrogen and oxygen atoms in total. The number of hydrogen-bond donors (Lipinski definition) is 2. The number of primary amides is 1. The number of halogens is 2. The van der Waals surface area contributed by atoms with Crippen LogP contribution in [0.25, 0.3) is 0 Å². The highest BCUT2D eigenvalue weighted by Crippen LogP contribution is 2.37. The summed E-state index contributed by atoms with van der Waals surface area (Å²) >= 11 is 12.0. The van der Waals surface area contributed by atoms with Crippen LogP contribution < -0.4 is 16.2 Å². The van der Waals surface area contributed by atoms with Gasteiger partial charge in [0.25, 0.3) is 5.91 Å². The minimum atomic E-state index is -0.684. The molecular weight excluding hydrogens is 287 g/mol. The molecule has 0 heterocycles. The van der Waals surface area contributed by atoms with Crippen molar-refractivity contribution in [3.8, 4) is 11.5 Å². The maximum Gasteiger partial charge on any atom is 0.252 e. The molecule has 98 valence electrons. The molecule has 4 N–H and O–H groups in total. The number of rotatable bonds is 3. The summed E-state index contributed by atoms with van der Waals surface area (Å²) in [4.78, 5) is 11.4. The average molecular weight is 297 g/mol. The zero-order chi connectivity index (χ0) is 14.0. The number of nitrogen functional groups attached to an aromatic ring is 1. The van der Waals surface area contributed by atoms with Crippen LogP contribution in [0.3, 0.4) is 0 Å². The summed E-state index contributed by atoms with van der Waals surface area (Å²) in [5.74, 6) is -0.175. The van der Waals surface area contributed by atoms with Crippen molar-refractivity contribution in [3.05, 3.63) is 52.0 Å². The highest BCUT2D eigenvalue weighted by Gasteiger charge is 2.16. The molecule has 0 aromatic heterocycles. The second-order valence-corrected chi connectivity index (χ2v) is 4.59. The van der Waals surface area contributed by atoms with E-state index in [0.717, 1.165) is 0 Å². The lowest BCUT2D eigenvalue weighted by Crippen LogP contribution is -2.13. The summed E-state index contributed by atoms with van der Waals surface area (Å²) in [5.41, 5.74) is 11.3. The van der Waals surface area contributed by atoms with Gasteiger partial charge in [-0.25, -0.2) is 0 Å². The van der Waals surface area contributed by atoms with E-state index in [1.54, 1.807) is 24.3 Å². The van der Waals surface area contributed by atoms with Crippen molar-refractivity contribution in [2.45, 2.75) is 0 Å². The Morgan fingerprint density at radius 3 is 2.42 bits per heavy atom. The highest BCUT2D eigenvalue weighted by atomic mass is 35.5. The Hall–Kier alpha value is -1.91. The fraction of sp³-hybridized carbons (Fsp3) is 0. The predicted octanol–water partition coefficient (Wildman–Crippen LogP) is 3.47. The van der Waals surface area contributed by atoms with E-state index in [0.29, 0.717) is 16.5 Å². The number of para-hydroxylation sites is 1. The molecule has 0 bridgehead atoms. The zero-order valence-corrected chi connectivity index (χ0v) is 11.2. The third-order valence-corrected chi connectivity index (χ3v) is 2.97. The first kappa shape index (κ1) is 13.5. The van der Waals surface area contributed by atoms with Gasteiger partial charge in [-0.1, -0.05) is 35.3 Å². The molecule has 0 fully saturated rings. The van der Waals surface area contributed by atoms with E-state index in [2.05, 4.69) is 0 Å². The molecule has 2 rings (SSSR count). The lowest BCUT2D eigenvalue weighted by molar-refractivity contribution is 0.0998. The number of carbonyl (C=O) groups is 1. The first-order valence-electron chi connectivity index (χ1n) is 5.30. The van der Waals surface area contributed by atoms with Gasteiger partial charge in [0.05, 0.1) is 15.6 Å². The Morgan fingerprint density at radius 1 is 1.11 bits per heavy atom. The van der Waals surface area contributed by atoms with Gasteiger partial charge in [-0.3, -0.25) is 4.79 Å². The van der Waals surface area contributed by atoms with Gasteiger partial charge >= 0.3 is 0 Å². The van der Waals surface area contributed by atoms with Gasteiger partial charge in [-0.15, -0.1) is 0 Å². The first-order valence-corrected chi connectivity index (χ1v) is 6.06. The SMILES string of the molecule is NC(=O)c1cc(N)cc(Cl)c1Oc1ccccc1Cl. The molecule has 19 heavy (non-hydrogen) atoms. The van der Waals surface area contributed by atoms with E-state index in [1.165, 1.54) is 12.1 Å². The smallest absolute Gasteiger partial charge is 0.252 e. The summed E-state index contributed by atoms with van der Waals surface area (Å²) < 4.78 is 5.57. The van der Waals surface area contributed by atoms with Crippen LogP contribution in [-0.2, 0) is 0 Å². The maximum absolute atomic E-state index is 11.4. The van der Waals surface area contributed by atoms with E-state index in [1.807, 2.05) is 0 Å². The molecule has 0 saturated heterocycles. The van der Waals surface area contributed by atoms with Crippen molar-refractivity contribution in [2.24, 2.45) is 5.73 Å². The molecule has 0 aliphatic heterocycles. The number of hydrogen-bond acceptors (Lipinski definition) is 3. The number of anilines is 1. The van der Waals surface area contributed by atoms with Gasteiger partial charge in [0.2, 0.25) is 0 Å². The van der Waals surface area contributed by atoms with Crippen LogP contribution in [0.15, 0.2) is 36.4 Å².